The van der Waals surface area contributed by atoms with Crippen LogP contribution in [-0.4, -0.2) is 19.9 Å². The third-order valence-corrected chi connectivity index (χ3v) is 2.04. The Morgan fingerprint density at radius 1 is 1.53 bits per heavy atom. The summed E-state index contributed by atoms with van der Waals surface area (Å²) in [4.78, 5) is 11.1. The van der Waals surface area contributed by atoms with Gasteiger partial charge in [-0.1, -0.05) is 17.1 Å². The summed E-state index contributed by atoms with van der Waals surface area (Å²) in [7, 11) is 1.68. The van der Waals surface area contributed by atoms with Crippen molar-refractivity contribution in [2.45, 2.75) is 20.2 Å². The average Bonchev–Trinajstić information content (AvgIpc) is 2.20. The van der Waals surface area contributed by atoms with Gasteiger partial charge in [-0.25, -0.2) is 4.39 Å². The minimum absolute atomic E-state index is 0.179. The van der Waals surface area contributed by atoms with Crippen molar-refractivity contribution in [3.8, 4) is 0 Å². The van der Waals surface area contributed by atoms with Crippen LogP contribution in [0.3, 0.4) is 0 Å². The fourth-order valence-corrected chi connectivity index (χ4v) is 1.24. The van der Waals surface area contributed by atoms with Gasteiger partial charge in [0.05, 0.1) is 6.61 Å². The van der Waals surface area contributed by atoms with Gasteiger partial charge in [-0.05, 0) is 26.0 Å². The van der Waals surface area contributed by atoms with Crippen LogP contribution >= 0.6 is 0 Å². The molecule has 0 fully saturated rings. The summed E-state index contributed by atoms with van der Waals surface area (Å²) in [6.45, 7) is 4.00. The van der Waals surface area contributed by atoms with Gasteiger partial charge >= 0.3 is 0 Å². The van der Waals surface area contributed by atoms with E-state index >= 15 is 0 Å². The van der Waals surface area contributed by atoms with Crippen LogP contribution in [0.4, 0.5) is 4.39 Å². The molecule has 0 amide bonds. The molecule has 2 nitrogen and oxygen atoms in total. The van der Waals surface area contributed by atoms with Crippen molar-refractivity contribution in [1.29, 1.82) is 0 Å². The Hall–Kier alpha value is -1.32. The molecule has 1 aromatic carbocycles. The lowest BCUT2D eigenvalue weighted by Crippen LogP contribution is -2.21. The van der Waals surface area contributed by atoms with Crippen LogP contribution in [0.2, 0.25) is 6.32 Å². The highest BCUT2D eigenvalue weighted by molar-refractivity contribution is 6.57. The number of hydrogen-bond donors (Lipinski definition) is 0. The average molecular weight is 207 g/mol. The van der Waals surface area contributed by atoms with E-state index in [0.29, 0.717) is 6.61 Å². The highest BCUT2D eigenvalue weighted by Gasteiger charge is 2.07. The Labute approximate surface area is 89.7 Å². The largest absolute Gasteiger partial charge is 0.466 e. The first-order chi connectivity index (χ1) is 7.13. The maximum atomic E-state index is 12.9. The molecule has 0 aliphatic heterocycles. The second-order valence-corrected chi connectivity index (χ2v) is 3.21. The van der Waals surface area contributed by atoms with Gasteiger partial charge in [-0.2, -0.15) is 0 Å². The zero-order valence-corrected chi connectivity index (χ0v) is 8.92. The minimum atomic E-state index is -0.296. The van der Waals surface area contributed by atoms with Gasteiger partial charge in [0.2, 0.25) is 0 Å². The van der Waals surface area contributed by atoms with Gasteiger partial charge in [-0.3, -0.25) is 4.79 Å². The van der Waals surface area contributed by atoms with E-state index in [-0.39, 0.29) is 18.1 Å². The molecular weight excluding hydrogens is 194 g/mol. The Morgan fingerprint density at radius 3 is 2.93 bits per heavy atom. The highest BCUT2D eigenvalue weighted by atomic mass is 19.1. The van der Waals surface area contributed by atoms with Gasteiger partial charge < -0.3 is 4.74 Å². The van der Waals surface area contributed by atoms with Gasteiger partial charge in [0.1, 0.15) is 5.82 Å². The van der Waals surface area contributed by atoms with Gasteiger partial charge in [0, 0.05) is 6.32 Å². The van der Waals surface area contributed by atoms with E-state index in [0.717, 1.165) is 11.0 Å². The Bertz CT molecular complexity index is 352. The number of hydrogen-bond acceptors (Lipinski definition) is 2. The first-order valence-electron chi connectivity index (χ1n) is 4.88. The maximum absolute atomic E-state index is 12.9. The monoisotopic (exact) mass is 207 g/mol. The van der Waals surface area contributed by atoms with E-state index in [2.05, 4.69) is 0 Å². The summed E-state index contributed by atoms with van der Waals surface area (Å²) < 4.78 is 17.7. The first-order valence-corrected chi connectivity index (χ1v) is 4.88. The summed E-state index contributed by atoms with van der Waals surface area (Å²) in [5.41, 5.74) is 1.68. The first kappa shape index (κ1) is 11.8. The molecule has 0 N–H and O–H groups in total. The third-order valence-electron chi connectivity index (χ3n) is 2.04. The molecule has 1 aromatic rings. The number of carbonyl (C=O) groups excluding carboxylic acids is 1. The fourth-order valence-electron chi connectivity index (χ4n) is 1.24. The van der Waals surface area contributed by atoms with Crippen molar-refractivity contribution in [1.82, 2.24) is 0 Å². The van der Waals surface area contributed by atoms with Gasteiger partial charge in [-0.15, -0.1) is 0 Å². The zero-order chi connectivity index (χ0) is 11.3. The number of benzene rings is 1. The van der Waals surface area contributed by atoms with E-state index in [1.54, 1.807) is 20.3 Å². The van der Waals surface area contributed by atoms with Gasteiger partial charge in [0.15, 0.2) is 7.28 Å². The van der Waals surface area contributed by atoms with E-state index in [4.69, 9.17) is 4.74 Å². The lowest BCUT2D eigenvalue weighted by molar-refractivity contribution is -0.140. The molecule has 0 unspecified atom stereocenters. The second-order valence-electron chi connectivity index (χ2n) is 3.21. The van der Waals surface area contributed by atoms with Crippen molar-refractivity contribution >= 4 is 18.7 Å². The Balaban J connectivity index is 2.57. The van der Waals surface area contributed by atoms with Crippen LogP contribution in [0.15, 0.2) is 18.2 Å². The molecular formula is C11H13BFO2. The van der Waals surface area contributed by atoms with Crippen molar-refractivity contribution < 1.29 is 13.9 Å². The fraction of sp³-hybridized carbons (Fsp3) is 0.364. The predicted octanol–water partition coefficient (Wildman–Crippen LogP) is 1.45. The van der Waals surface area contributed by atoms with Crippen molar-refractivity contribution in [2.24, 2.45) is 0 Å². The third kappa shape index (κ3) is 3.74. The van der Waals surface area contributed by atoms with E-state index in [1.165, 1.54) is 12.1 Å². The van der Waals surface area contributed by atoms with Crippen molar-refractivity contribution in [3.05, 3.63) is 29.6 Å². The molecule has 0 aliphatic rings. The van der Waals surface area contributed by atoms with Crippen LogP contribution < -0.4 is 5.46 Å². The molecule has 1 rings (SSSR count). The van der Waals surface area contributed by atoms with E-state index in [9.17, 15) is 9.18 Å². The molecule has 0 atom stereocenters. The summed E-state index contributed by atoms with van der Waals surface area (Å²) in [6, 6.07) is 4.50. The molecule has 4 heteroatoms. The highest BCUT2D eigenvalue weighted by Crippen LogP contribution is 1.99. The van der Waals surface area contributed by atoms with Crippen LogP contribution in [0.5, 0.6) is 0 Å². The molecule has 0 saturated heterocycles. The smallest absolute Gasteiger partial charge is 0.298 e. The molecule has 15 heavy (non-hydrogen) atoms. The zero-order valence-electron chi connectivity index (χ0n) is 8.92. The van der Waals surface area contributed by atoms with E-state index < -0.39 is 0 Å². The number of rotatable bonds is 4. The molecule has 0 heterocycles. The number of ether oxygens (including phenoxy) is 1. The maximum Gasteiger partial charge on any atom is 0.298 e. The lowest BCUT2D eigenvalue weighted by atomic mass is 9.65. The number of aryl methyl sites for hydroxylation is 1. The van der Waals surface area contributed by atoms with Crippen LogP contribution in [0, 0.1) is 12.7 Å². The normalized spacial score (nSPS) is 9.80. The number of esters is 1. The summed E-state index contributed by atoms with van der Waals surface area (Å²) in [5.74, 6) is -0.586. The quantitative estimate of drug-likeness (QED) is 0.551. The van der Waals surface area contributed by atoms with Crippen LogP contribution in [0.25, 0.3) is 0 Å². The minimum Gasteiger partial charge on any atom is -0.466 e. The van der Waals surface area contributed by atoms with Gasteiger partial charge in [0.25, 0.3) is 5.97 Å². The van der Waals surface area contributed by atoms with Crippen LogP contribution in [-0.2, 0) is 9.53 Å². The predicted molar refractivity (Wildman–Crippen MR) is 58.0 cm³/mol. The molecule has 0 bridgehead atoms. The van der Waals surface area contributed by atoms with Crippen molar-refractivity contribution in [3.63, 3.8) is 0 Å². The molecule has 0 saturated carbocycles. The standard InChI is InChI=1S/C11H13BFO2/c1-3-15-11(14)7-12-10-6-9(13)5-4-8(10)2/h4-6H,3,7H2,1-2H3. The summed E-state index contributed by atoms with van der Waals surface area (Å²) >= 11 is 0. The second kappa shape index (κ2) is 5.54. The molecule has 79 valence electrons. The Kier molecular flexibility index (Phi) is 4.34. The summed E-state index contributed by atoms with van der Waals surface area (Å²) in [6.07, 6.45) is 0.179. The Morgan fingerprint density at radius 2 is 2.27 bits per heavy atom. The SMILES string of the molecule is CCOC(=O)C[B]c1cc(F)ccc1C. The van der Waals surface area contributed by atoms with Crippen molar-refractivity contribution in [2.75, 3.05) is 6.61 Å². The molecule has 1 radical (unpaired) electrons. The van der Waals surface area contributed by atoms with E-state index in [1.807, 2.05) is 6.92 Å². The topological polar surface area (TPSA) is 26.3 Å². The number of carbonyl (C=O) groups is 1. The number of halogens is 1. The molecule has 0 aliphatic carbocycles. The lowest BCUT2D eigenvalue weighted by Gasteiger charge is -2.04. The molecule has 0 spiro atoms. The summed E-state index contributed by atoms with van der Waals surface area (Å²) in [5, 5.41) is 0. The van der Waals surface area contributed by atoms with Crippen LogP contribution in [0.1, 0.15) is 12.5 Å². The molecule has 0 aromatic heterocycles.